The van der Waals surface area contributed by atoms with Crippen LogP contribution < -0.4 is 5.32 Å². The number of aromatic carboxylic acids is 1. The molecule has 140 valence electrons. The number of nitrogens with zero attached hydrogens (tertiary/aromatic N) is 2. The molecule has 0 unspecified atom stereocenters. The van der Waals surface area contributed by atoms with Crippen molar-refractivity contribution < 1.29 is 19.5 Å². The number of carbonyl (C=O) groups is 3. The van der Waals surface area contributed by atoms with E-state index in [4.69, 9.17) is 16.7 Å². The lowest BCUT2D eigenvalue weighted by Gasteiger charge is -2.15. The number of fused-ring (bicyclic) bond motifs is 2. The average molecular weight is 396 g/mol. The van der Waals surface area contributed by atoms with Crippen molar-refractivity contribution >= 4 is 46.0 Å². The monoisotopic (exact) mass is 395 g/mol. The number of hydrogen-bond donors (Lipinski definition) is 2. The van der Waals surface area contributed by atoms with Gasteiger partial charge in [-0.15, -0.1) is 0 Å². The molecule has 3 aromatic rings. The largest absolute Gasteiger partial charge is 0.478 e. The Morgan fingerprint density at radius 1 is 1.07 bits per heavy atom. The van der Waals surface area contributed by atoms with Crippen LogP contribution >= 0.6 is 11.6 Å². The second-order valence-corrected chi connectivity index (χ2v) is 6.71. The average Bonchev–Trinajstić information content (AvgIpc) is 2.92. The van der Waals surface area contributed by atoms with Gasteiger partial charge in [0, 0.05) is 35.4 Å². The van der Waals surface area contributed by atoms with E-state index in [1.165, 1.54) is 18.2 Å². The van der Waals surface area contributed by atoms with E-state index < -0.39 is 17.8 Å². The van der Waals surface area contributed by atoms with Crippen LogP contribution in [0.1, 0.15) is 31.1 Å². The molecular weight excluding hydrogens is 382 g/mol. The Bertz CT molecular complexity index is 1150. The van der Waals surface area contributed by atoms with E-state index in [0.29, 0.717) is 11.6 Å². The summed E-state index contributed by atoms with van der Waals surface area (Å²) in [5, 5.41) is 13.7. The number of aromatic nitrogens is 1. The normalized spacial score (nSPS) is 13.1. The zero-order valence-electron chi connectivity index (χ0n) is 14.5. The molecule has 2 heterocycles. The van der Waals surface area contributed by atoms with Gasteiger partial charge in [-0.05, 0) is 42.5 Å². The number of imide groups is 1. The molecule has 0 saturated carbocycles. The third-order valence-electron chi connectivity index (χ3n) is 4.57. The summed E-state index contributed by atoms with van der Waals surface area (Å²) in [4.78, 5) is 41.5. The smallest absolute Gasteiger partial charge is 0.335 e. The van der Waals surface area contributed by atoms with E-state index in [-0.39, 0.29) is 23.2 Å². The van der Waals surface area contributed by atoms with Gasteiger partial charge >= 0.3 is 5.97 Å². The summed E-state index contributed by atoms with van der Waals surface area (Å²) in [6.07, 6.45) is 1.65. The van der Waals surface area contributed by atoms with Crippen molar-refractivity contribution in [2.75, 3.05) is 18.4 Å². The van der Waals surface area contributed by atoms with Gasteiger partial charge in [0.2, 0.25) is 0 Å². The summed E-state index contributed by atoms with van der Waals surface area (Å²) >= 11 is 5.99. The van der Waals surface area contributed by atoms with Crippen LogP contribution in [0, 0.1) is 0 Å². The van der Waals surface area contributed by atoms with Gasteiger partial charge in [0.05, 0.1) is 22.2 Å². The maximum absolute atomic E-state index is 12.5. The Labute approximate surface area is 164 Å². The van der Waals surface area contributed by atoms with E-state index in [1.54, 1.807) is 24.4 Å². The summed E-state index contributed by atoms with van der Waals surface area (Å²) in [5.41, 5.74) is 1.86. The number of amides is 2. The van der Waals surface area contributed by atoms with E-state index in [0.717, 1.165) is 21.5 Å². The molecule has 1 aliphatic heterocycles. The molecule has 1 aromatic heterocycles. The third-order valence-corrected chi connectivity index (χ3v) is 4.81. The highest BCUT2D eigenvalue weighted by Crippen LogP contribution is 2.26. The number of carbonyl (C=O) groups excluding carboxylic acids is 2. The zero-order chi connectivity index (χ0) is 19.8. The van der Waals surface area contributed by atoms with Crippen LogP contribution in [-0.2, 0) is 0 Å². The molecule has 0 bridgehead atoms. The molecule has 0 fully saturated rings. The lowest BCUT2D eigenvalue weighted by atomic mass is 10.1. The van der Waals surface area contributed by atoms with Gasteiger partial charge in [-0.2, -0.15) is 0 Å². The maximum Gasteiger partial charge on any atom is 0.335 e. The standard InChI is InChI=1S/C20H14ClN3O4/c21-12-2-4-14-16(5-6-22-17(14)10-12)23-7-8-24-18(25)13-3-1-11(20(27)28)9-15(13)19(24)26/h1-6,9-10H,7-8H2,(H,22,23)(H,27,28). The fourth-order valence-electron chi connectivity index (χ4n) is 3.20. The fourth-order valence-corrected chi connectivity index (χ4v) is 3.37. The Morgan fingerprint density at radius 2 is 1.86 bits per heavy atom. The van der Waals surface area contributed by atoms with Gasteiger partial charge in [0.15, 0.2) is 0 Å². The molecule has 0 atom stereocenters. The molecule has 4 rings (SSSR count). The number of halogens is 1. The van der Waals surface area contributed by atoms with Crippen LogP contribution in [-0.4, -0.2) is 45.9 Å². The van der Waals surface area contributed by atoms with Crippen molar-refractivity contribution in [1.29, 1.82) is 0 Å². The molecule has 2 amide bonds. The second kappa shape index (κ2) is 6.94. The molecule has 8 heteroatoms. The Morgan fingerprint density at radius 3 is 2.64 bits per heavy atom. The van der Waals surface area contributed by atoms with Gasteiger partial charge in [0.25, 0.3) is 11.8 Å². The molecule has 0 radical (unpaired) electrons. The number of carboxylic acid groups (broad SMARTS) is 1. The first kappa shape index (κ1) is 17.9. The van der Waals surface area contributed by atoms with Gasteiger partial charge < -0.3 is 10.4 Å². The predicted octanol–water partition coefficient (Wildman–Crippen LogP) is 3.29. The minimum Gasteiger partial charge on any atom is -0.478 e. The lowest BCUT2D eigenvalue weighted by Crippen LogP contribution is -2.34. The first-order valence-corrected chi connectivity index (χ1v) is 8.85. The number of anilines is 1. The highest BCUT2D eigenvalue weighted by molar-refractivity contribution is 6.31. The number of carboxylic acids is 1. The van der Waals surface area contributed by atoms with Crippen molar-refractivity contribution in [2.24, 2.45) is 0 Å². The SMILES string of the molecule is O=C(O)c1ccc2c(c1)C(=O)N(CCNc1ccnc3cc(Cl)ccc13)C2=O. The van der Waals surface area contributed by atoms with Crippen molar-refractivity contribution in [3.63, 3.8) is 0 Å². The van der Waals surface area contributed by atoms with E-state index in [9.17, 15) is 14.4 Å². The molecule has 0 saturated heterocycles. The predicted molar refractivity (Wildman–Crippen MR) is 104 cm³/mol. The number of benzene rings is 2. The van der Waals surface area contributed by atoms with Gasteiger partial charge in [0.1, 0.15) is 0 Å². The highest BCUT2D eigenvalue weighted by atomic mass is 35.5. The molecule has 0 spiro atoms. The van der Waals surface area contributed by atoms with Gasteiger partial charge in [-0.1, -0.05) is 11.6 Å². The van der Waals surface area contributed by atoms with Gasteiger partial charge in [-0.3, -0.25) is 19.5 Å². The topological polar surface area (TPSA) is 99.6 Å². The Kier molecular flexibility index (Phi) is 4.44. The van der Waals surface area contributed by atoms with Crippen LogP contribution in [0.4, 0.5) is 5.69 Å². The fraction of sp³-hybridized carbons (Fsp3) is 0.100. The van der Waals surface area contributed by atoms with Crippen LogP contribution in [0.3, 0.4) is 0 Å². The number of hydrogen-bond acceptors (Lipinski definition) is 5. The lowest BCUT2D eigenvalue weighted by molar-refractivity contribution is 0.0658. The molecular formula is C20H14ClN3O4. The van der Waals surface area contributed by atoms with Crippen molar-refractivity contribution in [1.82, 2.24) is 9.88 Å². The van der Waals surface area contributed by atoms with Crippen molar-refractivity contribution in [3.8, 4) is 0 Å². The summed E-state index contributed by atoms with van der Waals surface area (Å²) in [7, 11) is 0. The van der Waals surface area contributed by atoms with Crippen LogP contribution in [0.2, 0.25) is 5.02 Å². The summed E-state index contributed by atoms with van der Waals surface area (Å²) in [6, 6.07) is 11.1. The molecule has 2 N–H and O–H groups in total. The maximum atomic E-state index is 12.5. The summed E-state index contributed by atoms with van der Waals surface area (Å²) < 4.78 is 0. The number of rotatable bonds is 5. The number of pyridine rings is 1. The highest BCUT2D eigenvalue weighted by Gasteiger charge is 2.35. The van der Waals surface area contributed by atoms with E-state index in [1.807, 2.05) is 6.07 Å². The third kappa shape index (κ3) is 3.05. The summed E-state index contributed by atoms with van der Waals surface area (Å²) in [5.74, 6) is -2.06. The molecule has 2 aromatic carbocycles. The quantitative estimate of drug-likeness (QED) is 0.643. The minimum atomic E-state index is -1.15. The Hall–Kier alpha value is -3.45. The zero-order valence-corrected chi connectivity index (χ0v) is 15.2. The molecule has 28 heavy (non-hydrogen) atoms. The van der Waals surface area contributed by atoms with Crippen LogP contribution in [0.15, 0.2) is 48.7 Å². The number of nitrogens with one attached hydrogen (secondary N) is 1. The summed E-state index contributed by atoms with van der Waals surface area (Å²) in [6.45, 7) is 0.477. The molecule has 1 aliphatic rings. The molecule has 7 nitrogen and oxygen atoms in total. The van der Waals surface area contributed by atoms with Crippen LogP contribution in [0.25, 0.3) is 10.9 Å². The first-order valence-electron chi connectivity index (χ1n) is 8.47. The minimum absolute atomic E-state index is 0.0261. The Balaban J connectivity index is 1.50. The molecule has 0 aliphatic carbocycles. The van der Waals surface area contributed by atoms with Crippen molar-refractivity contribution in [2.45, 2.75) is 0 Å². The van der Waals surface area contributed by atoms with Crippen molar-refractivity contribution in [3.05, 3.63) is 70.4 Å². The van der Waals surface area contributed by atoms with Crippen LogP contribution in [0.5, 0.6) is 0 Å². The first-order chi connectivity index (χ1) is 13.5. The second-order valence-electron chi connectivity index (χ2n) is 6.27. The van der Waals surface area contributed by atoms with Gasteiger partial charge in [-0.25, -0.2) is 4.79 Å². The van der Waals surface area contributed by atoms with E-state index >= 15 is 0 Å². The van der Waals surface area contributed by atoms with E-state index in [2.05, 4.69) is 10.3 Å².